The maximum Gasteiger partial charge on any atom is 0.0479 e. The lowest BCUT2D eigenvalue weighted by Crippen LogP contribution is -2.05. The Hall–Kier alpha value is -0.860. The van der Waals surface area contributed by atoms with E-state index in [1.807, 2.05) is 30.5 Å². The molecular formula is C15H15BrClN. The van der Waals surface area contributed by atoms with Crippen molar-refractivity contribution < 1.29 is 0 Å². The van der Waals surface area contributed by atoms with Crippen LogP contribution in [0.5, 0.6) is 0 Å². The van der Waals surface area contributed by atoms with Crippen molar-refractivity contribution in [3.05, 3.63) is 64.4 Å². The van der Waals surface area contributed by atoms with Crippen molar-refractivity contribution >= 4 is 27.5 Å². The molecule has 1 aromatic carbocycles. The molecule has 0 amide bonds. The molecule has 1 nitrogen and oxygen atoms in total. The number of aromatic nitrogens is 1. The Labute approximate surface area is 121 Å². The summed E-state index contributed by atoms with van der Waals surface area (Å²) < 4.78 is 0. The summed E-state index contributed by atoms with van der Waals surface area (Å²) in [6.45, 7) is 4.22. The van der Waals surface area contributed by atoms with Gasteiger partial charge in [0.2, 0.25) is 0 Å². The first-order valence-corrected chi connectivity index (χ1v) is 7.20. The second kappa shape index (κ2) is 5.85. The molecule has 0 bridgehead atoms. The second-order valence-electron chi connectivity index (χ2n) is 4.40. The van der Waals surface area contributed by atoms with Gasteiger partial charge in [0, 0.05) is 27.7 Å². The maximum atomic E-state index is 6.17. The lowest BCUT2D eigenvalue weighted by molar-refractivity contribution is 0.721. The highest BCUT2D eigenvalue weighted by atomic mass is 79.9. The molecule has 0 fully saturated rings. The molecule has 0 N–H and O–H groups in total. The van der Waals surface area contributed by atoms with E-state index in [1.165, 1.54) is 5.56 Å². The number of hydrogen-bond donors (Lipinski definition) is 0. The summed E-state index contributed by atoms with van der Waals surface area (Å²) in [6.07, 6.45) is 1.83. The van der Waals surface area contributed by atoms with Crippen LogP contribution in [0.3, 0.4) is 0 Å². The molecule has 2 rings (SSSR count). The largest absolute Gasteiger partial charge is 0.261 e. The molecule has 2 unspecified atom stereocenters. The van der Waals surface area contributed by atoms with Gasteiger partial charge >= 0.3 is 0 Å². The van der Waals surface area contributed by atoms with Crippen molar-refractivity contribution in [3.8, 4) is 0 Å². The molecule has 1 heterocycles. The van der Waals surface area contributed by atoms with E-state index in [-0.39, 0.29) is 4.83 Å². The van der Waals surface area contributed by atoms with Gasteiger partial charge in [-0.3, -0.25) is 4.98 Å². The minimum Gasteiger partial charge on any atom is -0.261 e. The van der Waals surface area contributed by atoms with Crippen LogP contribution < -0.4 is 0 Å². The summed E-state index contributed by atoms with van der Waals surface area (Å²) in [5.74, 6) is 0.295. The fourth-order valence-electron chi connectivity index (χ4n) is 1.99. The van der Waals surface area contributed by atoms with E-state index in [1.54, 1.807) is 0 Å². The molecule has 2 atom stereocenters. The third-order valence-electron chi connectivity index (χ3n) is 3.20. The van der Waals surface area contributed by atoms with Gasteiger partial charge in [0.05, 0.1) is 0 Å². The van der Waals surface area contributed by atoms with Crippen molar-refractivity contribution in [2.75, 3.05) is 0 Å². The fraction of sp³-hybridized carbons (Fsp3) is 0.267. The number of nitrogens with zero attached hydrogens (tertiary/aromatic N) is 1. The molecule has 0 spiro atoms. The van der Waals surface area contributed by atoms with Gasteiger partial charge in [-0.2, -0.15) is 0 Å². The van der Waals surface area contributed by atoms with Crippen LogP contribution in [0.4, 0.5) is 0 Å². The van der Waals surface area contributed by atoms with E-state index >= 15 is 0 Å². The van der Waals surface area contributed by atoms with Gasteiger partial charge in [0.25, 0.3) is 0 Å². The van der Waals surface area contributed by atoms with E-state index in [2.05, 4.69) is 46.9 Å². The van der Waals surface area contributed by atoms with Gasteiger partial charge in [-0.25, -0.2) is 0 Å². The molecule has 94 valence electrons. The van der Waals surface area contributed by atoms with Crippen molar-refractivity contribution in [1.29, 1.82) is 0 Å². The first-order chi connectivity index (χ1) is 8.61. The lowest BCUT2D eigenvalue weighted by atomic mass is 9.94. The average Bonchev–Trinajstić information content (AvgIpc) is 2.41. The highest BCUT2D eigenvalue weighted by Gasteiger charge is 2.21. The van der Waals surface area contributed by atoms with Crippen LogP contribution in [0.2, 0.25) is 5.02 Å². The zero-order valence-electron chi connectivity index (χ0n) is 10.4. The highest BCUT2D eigenvalue weighted by Crippen LogP contribution is 2.39. The topological polar surface area (TPSA) is 12.9 Å². The van der Waals surface area contributed by atoms with Crippen LogP contribution in [0.15, 0.2) is 42.6 Å². The Kier molecular flexibility index (Phi) is 4.41. The molecule has 0 aliphatic heterocycles. The number of hydrogen-bond acceptors (Lipinski definition) is 1. The maximum absolute atomic E-state index is 6.17. The number of benzene rings is 1. The molecule has 2 aromatic rings. The quantitative estimate of drug-likeness (QED) is 0.700. The fourth-order valence-corrected chi connectivity index (χ4v) is 2.94. The first-order valence-electron chi connectivity index (χ1n) is 5.91. The first kappa shape index (κ1) is 13.6. The Balaban J connectivity index is 2.31. The van der Waals surface area contributed by atoms with Crippen molar-refractivity contribution in [2.24, 2.45) is 0 Å². The van der Waals surface area contributed by atoms with E-state index < -0.39 is 0 Å². The zero-order valence-corrected chi connectivity index (χ0v) is 12.7. The lowest BCUT2D eigenvalue weighted by Gasteiger charge is -2.20. The van der Waals surface area contributed by atoms with Gasteiger partial charge in [-0.1, -0.05) is 52.7 Å². The Morgan fingerprint density at radius 3 is 2.61 bits per heavy atom. The molecule has 0 aliphatic rings. The van der Waals surface area contributed by atoms with Crippen LogP contribution in [0, 0.1) is 6.92 Å². The summed E-state index contributed by atoms with van der Waals surface area (Å²) >= 11 is 9.95. The standard InChI is InChI=1S/C15H15BrClN/c1-10-12(6-5-7-13(10)17)15(16)11(2)14-8-3-4-9-18-14/h3-9,11,15H,1-2H3. The van der Waals surface area contributed by atoms with Crippen LogP contribution in [-0.4, -0.2) is 4.98 Å². The Morgan fingerprint density at radius 2 is 1.94 bits per heavy atom. The van der Waals surface area contributed by atoms with E-state index in [0.717, 1.165) is 16.3 Å². The van der Waals surface area contributed by atoms with Crippen LogP contribution >= 0.6 is 27.5 Å². The molecule has 3 heteroatoms. The van der Waals surface area contributed by atoms with Crippen molar-refractivity contribution in [2.45, 2.75) is 24.6 Å². The molecule has 0 aliphatic carbocycles. The van der Waals surface area contributed by atoms with Gasteiger partial charge in [-0.05, 0) is 36.2 Å². The summed E-state index contributed by atoms with van der Waals surface area (Å²) in [5.41, 5.74) is 3.43. The predicted octanol–water partition coefficient (Wildman–Crippen LogP) is 5.28. The zero-order chi connectivity index (χ0) is 13.1. The summed E-state index contributed by atoms with van der Waals surface area (Å²) in [7, 11) is 0. The van der Waals surface area contributed by atoms with E-state index in [9.17, 15) is 0 Å². The molecule has 0 saturated heterocycles. The molecule has 18 heavy (non-hydrogen) atoms. The highest BCUT2D eigenvalue weighted by molar-refractivity contribution is 9.09. The van der Waals surface area contributed by atoms with E-state index in [0.29, 0.717) is 5.92 Å². The third kappa shape index (κ3) is 2.76. The SMILES string of the molecule is Cc1c(Cl)cccc1C(Br)C(C)c1ccccn1. The van der Waals surface area contributed by atoms with Crippen LogP contribution in [0.1, 0.15) is 34.5 Å². The van der Waals surface area contributed by atoms with E-state index in [4.69, 9.17) is 11.6 Å². The number of halogens is 2. The summed E-state index contributed by atoms with van der Waals surface area (Å²) in [6, 6.07) is 12.0. The second-order valence-corrected chi connectivity index (χ2v) is 5.79. The Bertz CT molecular complexity index is 527. The number of pyridine rings is 1. The van der Waals surface area contributed by atoms with Crippen LogP contribution in [0.25, 0.3) is 0 Å². The van der Waals surface area contributed by atoms with Gasteiger partial charge in [0.1, 0.15) is 0 Å². The molecule has 1 aromatic heterocycles. The molecule has 0 radical (unpaired) electrons. The van der Waals surface area contributed by atoms with Gasteiger partial charge < -0.3 is 0 Å². The third-order valence-corrected chi connectivity index (χ3v) is 4.90. The monoisotopic (exact) mass is 323 g/mol. The number of alkyl halides is 1. The smallest absolute Gasteiger partial charge is 0.0479 e. The minimum atomic E-state index is 0.214. The molecule has 0 saturated carbocycles. The van der Waals surface area contributed by atoms with Crippen LogP contribution in [-0.2, 0) is 0 Å². The predicted molar refractivity (Wildman–Crippen MR) is 80.5 cm³/mol. The molecular weight excluding hydrogens is 310 g/mol. The number of rotatable bonds is 3. The van der Waals surface area contributed by atoms with Crippen molar-refractivity contribution in [1.82, 2.24) is 4.98 Å². The van der Waals surface area contributed by atoms with Crippen molar-refractivity contribution in [3.63, 3.8) is 0 Å². The average molecular weight is 325 g/mol. The minimum absolute atomic E-state index is 0.214. The summed E-state index contributed by atoms with van der Waals surface area (Å²) in [5, 5.41) is 0.810. The van der Waals surface area contributed by atoms with Gasteiger partial charge in [0.15, 0.2) is 0 Å². The Morgan fingerprint density at radius 1 is 1.17 bits per heavy atom. The summed E-state index contributed by atoms with van der Waals surface area (Å²) in [4.78, 5) is 4.63. The normalized spacial score (nSPS) is 14.2. The van der Waals surface area contributed by atoms with Gasteiger partial charge in [-0.15, -0.1) is 0 Å².